The first-order valence-corrected chi connectivity index (χ1v) is 6.56. The molecule has 1 aliphatic carbocycles. The van der Waals surface area contributed by atoms with Crippen molar-refractivity contribution in [3.63, 3.8) is 0 Å². The summed E-state index contributed by atoms with van der Waals surface area (Å²) in [5, 5.41) is 0. The van der Waals surface area contributed by atoms with Crippen LogP contribution in [-0.4, -0.2) is 12.2 Å². The number of halogens is 3. The van der Waals surface area contributed by atoms with Crippen LogP contribution in [0.4, 0.5) is 13.2 Å². The molecule has 0 aromatic carbocycles. The van der Waals surface area contributed by atoms with Crippen molar-refractivity contribution in [2.24, 2.45) is 17.7 Å². The predicted molar refractivity (Wildman–Crippen MR) is 65.0 cm³/mol. The fraction of sp³-hybridized carbons (Fsp3) is 0.692. The van der Waals surface area contributed by atoms with E-state index in [2.05, 4.69) is 5.43 Å². The average molecular weight is 276 g/mol. The molecule has 0 saturated heterocycles. The van der Waals surface area contributed by atoms with Gasteiger partial charge in [-0.15, -0.1) is 0 Å². The lowest BCUT2D eigenvalue weighted by molar-refractivity contribution is -0.184. The summed E-state index contributed by atoms with van der Waals surface area (Å²) in [6.45, 7) is 0. The monoisotopic (exact) mass is 276 g/mol. The standard InChI is InChI=1S/C13H19F3N2O/c14-13(15,16)10-5-3-9(4-6-10)12(18-17)8-11-2-1-7-19-11/h1-2,7,9-10,12,18H,3-6,8,17H2. The number of rotatable bonds is 4. The largest absolute Gasteiger partial charge is 0.469 e. The molecule has 0 spiro atoms. The second kappa shape index (κ2) is 5.96. The molecule has 1 saturated carbocycles. The first-order chi connectivity index (χ1) is 9.00. The smallest absolute Gasteiger partial charge is 0.391 e. The maximum atomic E-state index is 12.6. The van der Waals surface area contributed by atoms with Crippen LogP contribution in [-0.2, 0) is 6.42 Å². The van der Waals surface area contributed by atoms with Gasteiger partial charge in [-0.05, 0) is 43.7 Å². The highest BCUT2D eigenvalue weighted by atomic mass is 19.4. The number of hydrogen-bond acceptors (Lipinski definition) is 3. The minimum Gasteiger partial charge on any atom is -0.469 e. The second-order valence-electron chi connectivity index (χ2n) is 5.21. The van der Waals surface area contributed by atoms with Crippen LogP contribution in [0.25, 0.3) is 0 Å². The molecule has 1 aromatic rings. The van der Waals surface area contributed by atoms with E-state index in [9.17, 15) is 13.2 Å². The molecule has 1 aromatic heterocycles. The average Bonchev–Trinajstić information content (AvgIpc) is 2.88. The van der Waals surface area contributed by atoms with Gasteiger partial charge in [0.25, 0.3) is 0 Å². The molecule has 2 rings (SSSR count). The Hall–Kier alpha value is -1.01. The van der Waals surface area contributed by atoms with Crippen molar-refractivity contribution in [2.45, 2.75) is 44.3 Å². The van der Waals surface area contributed by atoms with E-state index in [1.807, 2.05) is 6.07 Å². The Morgan fingerprint density at radius 1 is 1.32 bits per heavy atom. The van der Waals surface area contributed by atoms with E-state index in [4.69, 9.17) is 10.3 Å². The van der Waals surface area contributed by atoms with E-state index in [1.54, 1.807) is 12.3 Å². The van der Waals surface area contributed by atoms with E-state index < -0.39 is 12.1 Å². The van der Waals surface area contributed by atoms with Gasteiger partial charge in [0.1, 0.15) is 5.76 Å². The molecule has 1 aliphatic rings. The Balaban J connectivity index is 1.88. The number of alkyl halides is 3. The van der Waals surface area contributed by atoms with Crippen LogP contribution in [0.5, 0.6) is 0 Å². The van der Waals surface area contributed by atoms with Crippen LogP contribution < -0.4 is 11.3 Å². The van der Waals surface area contributed by atoms with Gasteiger partial charge in [-0.3, -0.25) is 11.3 Å². The predicted octanol–water partition coefficient (Wildman–Crippen LogP) is 3.02. The first-order valence-electron chi connectivity index (χ1n) is 6.56. The summed E-state index contributed by atoms with van der Waals surface area (Å²) in [6, 6.07) is 3.62. The fourth-order valence-corrected chi connectivity index (χ4v) is 2.86. The third-order valence-electron chi connectivity index (χ3n) is 4.02. The normalized spacial score (nSPS) is 26.3. The number of nitrogens with one attached hydrogen (secondary N) is 1. The van der Waals surface area contributed by atoms with Gasteiger partial charge in [0.05, 0.1) is 12.2 Å². The molecule has 108 valence electrons. The summed E-state index contributed by atoms with van der Waals surface area (Å²) < 4.78 is 43.1. The highest BCUT2D eigenvalue weighted by Crippen LogP contribution is 2.40. The number of nitrogens with two attached hydrogens (primary N) is 1. The Morgan fingerprint density at radius 3 is 2.47 bits per heavy atom. The molecule has 0 amide bonds. The summed E-state index contributed by atoms with van der Waals surface area (Å²) in [5.41, 5.74) is 2.72. The van der Waals surface area contributed by atoms with Gasteiger partial charge in [-0.25, -0.2) is 0 Å². The van der Waals surface area contributed by atoms with Crippen LogP contribution in [0.2, 0.25) is 0 Å². The van der Waals surface area contributed by atoms with Crippen molar-refractivity contribution in [3.8, 4) is 0 Å². The zero-order valence-corrected chi connectivity index (χ0v) is 10.6. The first kappa shape index (κ1) is 14.4. The van der Waals surface area contributed by atoms with Crippen LogP contribution in [0.3, 0.4) is 0 Å². The molecular weight excluding hydrogens is 257 g/mol. The third kappa shape index (κ3) is 3.73. The lowest BCUT2D eigenvalue weighted by Crippen LogP contribution is -2.44. The van der Waals surface area contributed by atoms with Gasteiger partial charge in [0, 0.05) is 12.5 Å². The van der Waals surface area contributed by atoms with Gasteiger partial charge < -0.3 is 4.42 Å². The second-order valence-corrected chi connectivity index (χ2v) is 5.21. The van der Waals surface area contributed by atoms with E-state index in [-0.39, 0.29) is 24.8 Å². The van der Waals surface area contributed by atoms with Gasteiger partial charge in [0.15, 0.2) is 0 Å². The molecule has 1 heterocycles. The zero-order chi connectivity index (χ0) is 13.9. The number of hydrogen-bond donors (Lipinski definition) is 2. The molecule has 1 unspecified atom stereocenters. The summed E-state index contributed by atoms with van der Waals surface area (Å²) in [4.78, 5) is 0. The van der Waals surface area contributed by atoms with Crippen molar-refractivity contribution in [1.82, 2.24) is 5.43 Å². The van der Waals surface area contributed by atoms with Gasteiger partial charge in [0.2, 0.25) is 0 Å². The van der Waals surface area contributed by atoms with Crippen molar-refractivity contribution >= 4 is 0 Å². The van der Waals surface area contributed by atoms with E-state index >= 15 is 0 Å². The highest BCUT2D eigenvalue weighted by Gasteiger charge is 2.42. The molecule has 3 N–H and O–H groups in total. The highest BCUT2D eigenvalue weighted by molar-refractivity contribution is 5.01. The number of furan rings is 1. The van der Waals surface area contributed by atoms with Crippen molar-refractivity contribution in [1.29, 1.82) is 0 Å². The Bertz CT molecular complexity index is 370. The van der Waals surface area contributed by atoms with Gasteiger partial charge in [-0.2, -0.15) is 13.2 Å². The van der Waals surface area contributed by atoms with E-state index in [1.165, 1.54) is 0 Å². The van der Waals surface area contributed by atoms with Gasteiger partial charge >= 0.3 is 6.18 Å². The third-order valence-corrected chi connectivity index (χ3v) is 4.02. The Labute approximate surface area is 110 Å². The topological polar surface area (TPSA) is 51.2 Å². The Kier molecular flexibility index (Phi) is 4.52. The van der Waals surface area contributed by atoms with Crippen molar-refractivity contribution in [2.75, 3.05) is 0 Å². The molecule has 6 heteroatoms. The lowest BCUT2D eigenvalue weighted by Gasteiger charge is -2.34. The van der Waals surface area contributed by atoms with Crippen molar-refractivity contribution < 1.29 is 17.6 Å². The summed E-state index contributed by atoms with van der Waals surface area (Å²) in [6.07, 6.45) is -0.347. The lowest BCUT2D eigenvalue weighted by atomic mass is 9.77. The maximum absolute atomic E-state index is 12.6. The molecule has 19 heavy (non-hydrogen) atoms. The molecule has 1 atom stereocenters. The molecule has 3 nitrogen and oxygen atoms in total. The minimum absolute atomic E-state index is 0.0275. The van der Waals surface area contributed by atoms with E-state index in [0.29, 0.717) is 19.3 Å². The summed E-state index contributed by atoms with van der Waals surface area (Å²) >= 11 is 0. The Morgan fingerprint density at radius 2 is 2.00 bits per heavy atom. The van der Waals surface area contributed by atoms with Crippen molar-refractivity contribution in [3.05, 3.63) is 24.2 Å². The van der Waals surface area contributed by atoms with E-state index in [0.717, 1.165) is 5.76 Å². The molecule has 1 fully saturated rings. The van der Waals surface area contributed by atoms with Crippen LogP contribution in [0, 0.1) is 11.8 Å². The number of hydrazine groups is 1. The molecule has 0 aliphatic heterocycles. The summed E-state index contributed by atoms with van der Waals surface area (Å²) in [5.74, 6) is 5.36. The quantitative estimate of drug-likeness (QED) is 0.656. The molecule has 0 radical (unpaired) electrons. The minimum atomic E-state index is -4.06. The van der Waals surface area contributed by atoms with Gasteiger partial charge in [-0.1, -0.05) is 0 Å². The van der Waals surface area contributed by atoms with Crippen LogP contribution >= 0.6 is 0 Å². The summed E-state index contributed by atoms with van der Waals surface area (Å²) in [7, 11) is 0. The SMILES string of the molecule is NNC(Cc1ccco1)C1CCC(C(F)(F)F)CC1. The maximum Gasteiger partial charge on any atom is 0.391 e. The van der Waals surface area contributed by atoms with Crippen LogP contribution in [0.15, 0.2) is 22.8 Å². The zero-order valence-electron chi connectivity index (χ0n) is 10.6. The fourth-order valence-electron chi connectivity index (χ4n) is 2.86. The molecule has 0 bridgehead atoms. The molecular formula is C13H19F3N2O. The van der Waals surface area contributed by atoms with Crippen LogP contribution in [0.1, 0.15) is 31.4 Å².